The zero-order valence-corrected chi connectivity index (χ0v) is 38.4. The first-order valence-electron chi connectivity index (χ1n) is 20.4. The summed E-state index contributed by atoms with van der Waals surface area (Å²) in [6.07, 6.45) is -12.5. The highest BCUT2D eigenvalue weighted by atomic mass is 79.9. The summed E-state index contributed by atoms with van der Waals surface area (Å²) in [4.78, 5) is 24.6. The summed E-state index contributed by atoms with van der Waals surface area (Å²) < 4.78 is 134. The van der Waals surface area contributed by atoms with Gasteiger partial charge in [0.05, 0.1) is 35.1 Å². The third-order valence-corrected chi connectivity index (χ3v) is 9.62. The van der Waals surface area contributed by atoms with Crippen LogP contribution in [0.1, 0.15) is 88.5 Å². The van der Waals surface area contributed by atoms with Crippen LogP contribution in [-0.4, -0.2) is 67.9 Å². The molecule has 0 aromatic heterocycles. The lowest BCUT2D eigenvalue weighted by Crippen LogP contribution is -2.29. The van der Waals surface area contributed by atoms with E-state index in [-0.39, 0.29) is 53.6 Å². The minimum Gasteiger partial charge on any atom is -0.483 e. The molecular weight excluding hydrogens is 942 g/mol. The predicted molar refractivity (Wildman–Crippen MR) is 233 cm³/mol. The first-order valence-corrected chi connectivity index (χ1v) is 21.2. The van der Waals surface area contributed by atoms with Crippen LogP contribution in [0.5, 0.6) is 11.5 Å². The predicted octanol–water partition coefficient (Wildman–Crippen LogP) is 11.8. The maximum absolute atomic E-state index is 12.9. The lowest BCUT2D eigenvalue weighted by Gasteiger charge is -2.21. The molecule has 4 aromatic rings. The fourth-order valence-electron chi connectivity index (χ4n) is 6.03. The molecule has 19 heteroatoms. The van der Waals surface area contributed by atoms with Gasteiger partial charge in [0.1, 0.15) is 11.5 Å². The summed E-state index contributed by atoms with van der Waals surface area (Å²) in [5.41, 5.74) is 2.30. The second-order valence-electron chi connectivity index (χ2n) is 15.5. The van der Waals surface area contributed by atoms with E-state index < -0.39 is 62.2 Å². The number of ether oxygens (including phenoxy) is 4. The van der Waals surface area contributed by atoms with Gasteiger partial charge in [-0.3, -0.25) is 9.59 Å². The van der Waals surface area contributed by atoms with Crippen molar-refractivity contribution in [2.24, 2.45) is 11.8 Å². The van der Waals surface area contributed by atoms with Gasteiger partial charge < -0.3 is 29.0 Å². The monoisotopic (exact) mass is 994 g/mol. The van der Waals surface area contributed by atoms with Crippen LogP contribution in [-0.2, 0) is 25.2 Å². The van der Waals surface area contributed by atoms with E-state index in [1.54, 1.807) is 38.1 Å². The van der Waals surface area contributed by atoms with Gasteiger partial charge in [0.15, 0.2) is 13.2 Å². The first-order chi connectivity index (χ1) is 30.1. The molecule has 0 radical (unpaired) electrons. The van der Waals surface area contributed by atoms with Gasteiger partial charge in [-0.1, -0.05) is 81.8 Å². The number of alkyl halides is 9. The first kappa shape index (κ1) is 56.4. The number of halogens is 10. The molecule has 0 heterocycles. The Morgan fingerprint density at radius 2 is 1.06 bits per heavy atom. The molecule has 0 bridgehead atoms. The average Bonchev–Trinajstić information content (AvgIpc) is 3.20. The van der Waals surface area contributed by atoms with Gasteiger partial charge in [-0.2, -0.15) is 39.5 Å². The quantitative estimate of drug-likeness (QED) is 0.0649. The summed E-state index contributed by atoms with van der Waals surface area (Å²) in [7, 11) is -1.35. The summed E-state index contributed by atoms with van der Waals surface area (Å²) in [5.74, 6) is -1.65. The molecule has 2 atom stereocenters. The van der Waals surface area contributed by atoms with Gasteiger partial charge in [0.25, 0.3) is 0 Å². The molecule has 358 valence electrons. The number of hydrogen-bond donors (Lipinski definition) is 2. The van der Waals surface area contributed by atoms with Crippen molar-refractivity contribution in [3.05, 3.63) is 112 Å². The Morgan fingerprint density at radius 1 is 0.631 bits per heavy atom. The fraction of sp³-hybridized carbons (Fsp3) is 0.435. The van der Waals surface area contributed by atoms with E-state index in [0.29, 0.717) is 33.9 Å². The van der Waals surface area contributed by atoms with E-state index in [2.05, 4.69) is 15.9 Å². The van der Waals surface area contributed by atoms with Crippen LogP contribution in [0.4, 0.5) is 39.5 Å². The van der Waals surface area contributed by atoms with Crippen molar-refractivity contribution in [1.29, 1.82) is 0 Å². The molecule has 2 unspecified atom stereocenters. The number of aryl methyl sites for hydroxylation is 1. The van der Waals surface area contributed by atoms with Crippen LogP contribution < -0.4 is 14.9 Å². The minimum absolute atomic E-state index is 0.0817. The number of rotatable bonds is 16. The highest BCUT2D eigenvalue weighted by molar-refractivity contribution is 9.10. The zero-order valence-electron chi connectivity index (χ0n) is 36.8. The van der Waals surface area contributed by atoms with Crippen molar-refractivity contribution in [1.82, 2.24) is 0 Å². The van der Waals surface area contributed by atoms with Crippen molar-refractivity contribution >= 4 is 40.4 Å². The molecule has 0 aliphatic rings. The number of benzene rings is 4. The Labute approximate surface area is 381 Å². The molecule has 2 N–H and O–H groups in total. The molecule has 0 aliphatic carbocycles. The van der Waals surface area contributed by atoms with E-state index in [1.165, 1.54) is 24.3 Å². The van der Waals surface area contributed by atoms with E-state index in [9.17, 15) is 49.1 Å². The van der Waals surface area contributed by atoms with Gasteiger partial charge in [0, 0.05) is 5.56 Å². The third kappa shape index (κ3) is 20.5. The van der Waals surface area contributed by atoms with Crippen LogP contribution in [0, 0.1) is 18.8 Å². The Bertz CT molecular complexity index is 2070. The molecule has 0 saturated heterocycles. The lowest BCUT2D eigenvalue weighted by molar-refractivity contribution is -0.154. The summed E-state index contributed by atoms with van der Waals surface area (Å²) in [6.45, 7) is 10.6. The SMILES string of the molecule is CCOC(=O)C(CC(C)C)c1ccc(OCC(F)(F)F)c(-c2ccc(C(F)(F)F)cc2)c1.CCOC(=O)C(CC(C)C)c1ccc(OCC(F)(F)F)c(Br)c1.Cc1ccc(B(O)O)cc1. The third-order valence-electron chi connectivity index (χ3n) is 9.00. The van der Waals surface area contributed by atoms with Gasteiger partial charge in [-0.15, -0.1) is 0 Å². The lowest BCUT2D eigenvalue weighted by atomic mass is 9.80. The van der Waals surface area contributed by atoms with Gasteiger partial charge in [-0.05, 0) is 120 Å². The van der Waals surface area contributed by atoms with Gasteiger partial charge in [0.2, 0.25) is 0 Å². The largest absolute Gasteiger partial charge is 0.488 e. The second kappa shape index (κ2) is 25.8. The Morgan fingerprint density at radius 3 is 1.45 bits per heavy atom. The molecule has 4 aromatic carbocycles. The smallest absolute Gasteiger partial charge is 0.483 e. The fourth-order valence-corrected chi connectivity index (χ4v) is 6.54. The number of carbonyl (C=O) groups is 2. The molecule has 0 amide bonds. The molecular formula is C46H53BBrF9O8. The molecule has 8 nitrogen and oxygen atoms in total. The number of esters is 2. The van der Waals surface area contributed by atoms with Gasteiger partial charge >= 0.3 is 37.6 Å². The number of carbonyl (C=O) groups excluding carboxylic acids is 2. The maximum Gasteiger partial charge on any atom is 0.488 e. The molecule has 4 rings (SSSR count). The minimum atomic E-state index is -4.60. The molecule has 0 fully saturated rings. The standard InChI is InChI=1S/C23H24F6O3.C16H20BrF3O3.C7H9BO2/c1-4-31-21(30)19(11-14(2)3)16-7-10-20(32-13-22(24,25)26)18(12-16)15-5-8-17(9-6-15)23(27,28)29;1-4-22-15(21)12(7-10(2)3)11-5-6-14(13(17)8-11)23-9-16(18,19)20;1-6-2-4-7(5-3-6)8(9)10/h5-10,12,14,19H,4,11,13H2,1-3H3;5-6,8,10,12H,4,7,9H2,1-3H3;2-5,9-10H,1H3. The Balaban J connectivity index is 0.000000380. The molecule has 0 spiro atoms. The Hall–Kier alpha value is -4.75. The van der Waals surface area contributed by atoms with E-state index in [0.717, 1.165) is 29.8 Å². The topological polar surface area (TPSA) is 112 Å². The Kier molecular flexibility index (Phi) is 22.4. The molecule has 0 saturated carbocycles. The van der Waals surface area contributed by atoms with Crippen LogP contribution in [0.2, 0.25) is 0 Å². The van der Waals surface area contributed by atoms with E-state index in [1.807, 2.05) is 46.8 Å². The zero-order chi connectivity index (χ0) is 49.3. The van der Waals surface area contributed by atoms with Crippen LogP contribution >= 0.6 is 15.9 Å². The van der Waals surface area contributed by atoms with Crippen LogP contribution in [0.15, 0.2) is 89.4 Å². The summed E-state index contributed by atoms with van der Waals surface area (Å²) >= 11 is 3.19. The van der Waals surface area contributed by atoms with Crippen molar-refractivity contribution in [2.75, 3.05) is 26.4 Å². The van der Waals surface area contributed by atoms with E-state index >= 15 is 0 Å². The van der Waals surface area contributed by atoms with Crippen LogP contribution in [0.25, 0.3) is 11.1 Å². The summed E-state index contributed by atoms with van der Waals surface area (Å²) in [6, 6.07) is 19.9. The number of hydrogen-bond acceptors (Lipinski definition) is 8. The highest BCUT2D eigenvalue weighted by Gasteiger charge is 2.32. The van der Waals surface area contributed by atoms with Crippen molar-refractivity contribution in [2.45, 2.75) is 91.7 Å². The van der Waals surface area contributed by atoms with Crippen molar-refractivity contribution < 1.29 is 78.1 Å². The second-order valence-corrected chi connectivity index (χ2v) is 16.3. The molecule has 65 heavy (non-hydrogen) atoms. The maximum atomic E-state index is 12.9. The summed E-state index contributed by atoms with van der Waals surface area (Å²) in [5, 5.41) is 17.3. The van der Waals surface area contributed by atoms with Crippen molar-refractivity contribution in [3.63, 3.8) is 0 Å². The van der Waals surface area contributed by atoms with Crippen LogP contribution in [0.3, 0.4) is 0 Å². The average molecular weight is 996 g/mol. The van der Waals surface area contributed by atoms with Gasteiger partial charge in [-0.25, -0.2) is 0 Å². The molecule has 0 aliphatic heterocycles. The van der Waals surface area contributed by atoms with Crippen molar-refractivity contribution in [3.8, 4) is 22.6 Å². The normalized spacial score (nSPS) is 12.6. The highest BCUT2D eigenvalue weighted by Crippen LogP contribution is 2.38. The van der Waals surface area contributed by atoms with E-state index in [4.69, 9.17) is 29.0 Å².